The number of aliphatic hydroxyl groups is 3. The Labute approximate surface area is 172 Å². The van der Waals surface area contributed by atoms with Gasteiger partial charge in [0.15, 0.2) is 0 Å². The predicted octanol–water partition coefficient (Wildman–Crippen LogP) is 4.77. The molecule has 28 heavy (non-hydrogen) atoms. The second-order valence-electron chi connectivity index (χ2n) is 11.6. The van der Waals surface area contributed by atoms with Gasteiger partial charge in [-0.05, 0) is 91.3 Å². The largest absolute Gasteiger partial charge is 0.393 e. The molecule has 0 spiro atoms. The van der Waals surface area contributed by atoms with Gasteiger partial charge in [-0.15, -0.1) is 0 Å². The van der Waals surface area contributed by atoms with E-state index in [1.165, 1.54) is 32.1 Å². The first-order valence-electron chi connectivity index (χ1n) is 12.3. The Morgan fingerprint density at radius 3 is 2.43 bits per heavy atom. The van der Waals surface area contributed by atoms with E-state index in [1.807, 2.05) is 0 Å². The molecule has 0 saturated heterocycles. The summed E-state index contributed by atoms with van der Waals surface area (Å²) in [7, 11) is 0. The molecule has 0 radical (unpaired) electrons. The first kappa shape index (κ1) is 21.1. The van der Waals surface area contributed by atoms with Gasteiger partial charge in [-0.3, -0.25) is 0 Å². The van der Waals surface area contributed by atoms with Crippen molar-refractivity contribution in [3.8, 4) is 0 Å². The zero-order chi connectivity index (χ0) is 20.3. The maximum Gasteiger partial charge on any atom is 0.0602 e. The third kappa shape index (κ3) is 3.02. The fourth-order valence-electron chi connectivity index (χ4n) is 8.86. The van der Waals surface area contributed by atoms with E-state index in [2.05, 4.69) is 27.7 Å². The molecule has 162 valence electrons. The van der Waals surface area contributed by atoms with E-state index in [4.69, 9.17) is 0 Å². The summed E-state index contributed by atoms with van der Waals surface area (Å²) in [6, 6.07) is 0. The molecule has 0 aliphatic heterocycles. The van der Waals surface area contributed by atoms with Crippen molar-refractivity contribution in [1.82, 2.24) is 0 Å². The van der Waals surface area contributed by atoms with Crippen LogP contribution in [-0.2, 0) is 0 Å². The van der Waals surface area contributed by atoms with Crippen molar-refractivity contribution in [3.05, 3.63) is 0 Å². The highest BCUT2D eigenvalue weighted by Crippen LogP contribution is 2.68. The number of unbranched alkanes of at least 4 members (excludes halogenated alkanes) is 1. The lowest BCUT2D eigenvalue weighted by Gasteiger charge is -2.63. The Morgan fingerprint density at radius 2 is 1.71 bits per heavy atom. The first-order valence-corrected chi connectivity index (χ1v) is 12.3. The van der Waals surface area contributed by atoms with Gasteiger partial charge in [0.05, 0.1) is 18.3 Å². The molecule has 4 fully saturated rings. The predicted molar refractivity (Wildman–Crippen MR) is 113 cm³/mol. The number of hydrogen-bond acceptors (Lipinski definition) is 3. The average Bonchev–Trinajstić information content (AvgIpc) is 3.01. The SMILES string of the molecule is CCCC[C@@H](C)[C@H]1CCC2C3C(C[C@H](O)[C@@]21C)[C@@]1(C)CC[C@@H](O)C[C@H]1C[C@H]3O. The molecule has 3 unspecified atom stereocenters. The summed E-state index contributed by atoms with van der Waals surface area (Å²) < 4.78 is 0. The highest BCUT2D eigenvalue weighted by atomic mass is 16.3. The van der Waals surface area contributed by atoms with Crippen molar-refractivity contribution in [3.63, 3.8) is 0 Å². The van der Waals surface area contributed by atoms with Crippen molar-refractivity contribution in [2.75, 3.05) is 0 Å². The van der Waals surface area contributed by atoms with Crippen molar-refractivity contribution in [2.24, 2.45) is 46.3 Å². The first-order chi connectivity index (χ1) is 13.2. The monoisotopic (exact) mass is 392 g/mol. The molecule has 4 rings (SSSR count). The fraction of sp³-hybridized carbons (Fsp3) is 1.00. The average molecular weight is 393 g/mol. The molecule has 4 aliphatic carbocycles. The quantitative estimate of drug-likeness (QED) is 0.645. The van der Waals surface area contributed by atoms with E-state index in [1.54, 1.807) is 0 Å². The van der Waals surface area contributed by atoms with Crippen molar-refractivity contribution < 1.29 is 15.3 Å². The summed E-state index contributed by atoms with van der Waals surface area (Å²) in [6.45, 7) is 9.45. The van der Waals surface area contributed by atoms with Gasteiger partial charge in [0.25, 0.3) is 0 Å². The summed E-state index contributed by atoms with van der Waals surface area (Å²) >= 11 is 0. The second-order valence-corrected chi connectivity index (χ2v) is 11.6. The Morgan fingerprint density at radius 1 is 0.964 bits per heavy atom. The van der Waals surface area contributed by atoms with E-state index in [0.717, 1.165) is 32.1 Å². The van der Waals surface area contributed by atoms with Crippen LogP contribution in [0.25, 0.3) is 0 Å². The minimum Gasteiger partial charge on any atom is -0.393 e. The zero-order valence-electron chi connectivity index (χ0n) is 18.6. The standard InChI is InChI=1S/C25H44O3/c1-5-6-7-15(2)18-8-9-19-23-20(14-22(28)25(18,19)4)24(3)11-10-17(26)12-16(24)13-21(23)27/h15-23,26-28H,5-14H2,1-4H3/t15-,16+,17-,18-,19?,20?,21-,22+,23?,24+,25-/m1/s1. The van der Waals surface area contributed by atoms with E-state index >= 15 is 0 Å². The summed E-state index contributed by atoms with van der Waals surface area (Å²) in [5.41, 5.74) is 0.143. The Kier molecular flexibility index (Phi) is 5.69. The molecule has 0 amide bonds. The van der Waals surface area contributed by atoms with Gasteiger partial charge >= 0.3 is 0 Å². The summed E-state index contributed by atoms with van der Waals surface area (Å²) in [4.78, 5) is 0. The Balaban J connectivity index is 1.62. The summed E-state index contributed by atoms with van der Waals surface area (Å²) in [5, 5.41) is 33.1. The van der Waals surface area contributed by atoms with Crippen LogP contribution in [0.15, 0.2) is 0 Å². The van der Waals surface area contributed by atoms with Gasteiger partial charge < -0.3 is 15.3 Å². The summed E-state index contributed by atoms with van der Waals surface area (Å²) in [5.74, 6) is 2.86. The minimum atomic E-state index is -0.255. The number of rotatable bonds is 4. The number of aliphatic hydroxyl groups excluding tert-OH is 3. The van der Waals surface area contributed by atoms with Crippen LogP contribution in [0.4, 0.5) is 0 Å². The zero-order valence-corrected chi connectivity index (χ0v) is 18.6. The highest BCUT2D eigenvalue weighted by Gasteiger charge is 2.65. The van der Waals surface area contributed by atoms with Crippen LogP contribution in [0.5, 0.6) is 0 Å². The van der Waals surface area contributed by atoms with Crippen LogP contribution in [0.3, 0.4) is 0 Å². The molecule has 3 N–H and O–H groups in total. The van der Waals surface area contributed by atoms with Gasteiger partial charge in [-0.2, -0.15) is 0 Å². The lowest BCUT2D eigenvalue weighted by Crippen LogP contribution is -2.62. The fourth-order valence-corrected chi connectivity index (χ4v) is 8.86. The van der Waals surface area contributed by atoms with Crippen LogP contribution in [0.1, 0.15) is 91.9 Å². The van der Waals surface area contributed by atoms with Gasteiger partial charge in [0.1, 0.15) is 0 Å². The lowest BCUT2D eigenvalue weighted by atomic mass is 9.43. The van der Waals surface area contributed by atoms with Gasteiger partial charge in [0.2, 0.25) is 0 Å². The van der Waals surface area contributed by atoms with Crippen molar-refractivity contribution >= 4 is 0 Å². The van der Waals surface area contributed by atoms with Gasteiger partial charge in [-0.1, -0.05) is 47.0 Å². The van der Waals surface area contributed by atoms with Crippen molar-refractivity contribution in [1.29, 1.82) is 0 Å². The highest BCUT2D eigenvalue weighted by molar-refractivity contribution is 5.14. The van der Waals surface area contributed by atoms with Crippen LogP contribution in [0.2, 0.25) is 0 Å². The van der Waals surface area contributed by atoms with Crippen LogP contribution in [0, 0.1) is 46.3 Å². The van der Waals surface area contributed by atoms with E-state index in [-0.39, 0.29) is 29.1 Å². The molecule has 0 aromatic rings. The smallest absolute Gasteiger partial charge is 0.0602 e. The topological polar surface area (TPSA) is 60.7 Å². The van der Waals surface area contributed by atoms with E-state index in [0.29, 0.717) is 35.5 Å². The van der Waals surface area contributed by atoms with Crippen molar-refractivity contribution in [2.45, 2.75) is 110 Å². The molecular formula is C25H44O3. The number of hydrogen-bond donors (Lipinski definition) is 3. The molecule has 11 atom stereocenters. The molecule has 0 aromatic carbocycles. The third-order valence-electron chi connectivity index (χ3n) is 10.5. The minimum absolute atomic E-state index is 0.0350. The third-order valence-corrected chi connectivity index (χ3v) is 10.5. The molecule has 0 bridgehead atoms. The molecule has 0 aromatic heterocycles. The van der Waals surface area contributed by atoms with Crippen LogP contribution >= 0.6 is 0 Å². The maximum absolute atomic E-state index is 11.5. The molecule has 3 nitrogen and oxygen atoms in total. The normalized spacial score (nSPS) is 54.5. The number of fused-ring (bicyclic) bond motifs is 5. The molecule has 3 heteroatoms. The van der Waals surface area contributed by atoms with Gasteiger partial charge in [0, 0.05) is 0 Å². The van der Waals surface area contributed by atoms with E-state index in [9.17, 15) is 15.3 Å². The Bertz CT molecular complexity index is 564. The van der Waals surface area contributed by atoms with E-state index < -0.39 is 0 Å². The molecule has 0 heterocycles. The second kappa shape index (κ2) is 7.54. The summed E-state index contributed by atoms with van der Waals surface area (Å²) in [6.07, 6.45) is 9.99. The Hall–Kier alpha value is -0.120. The maximum atomic E-state index is 11.5. The lowest BCUT2D eigenvalue weighted by molar-refractivity contribution is -0.207. The van der Waals surface area contributed by atoms with Crippen LogP contribution in [-0.4, -0.2) is 33.6 Å². The molecule has 4 aliphatic rings. The van der Waals surface area contributed by atoms with Crippen LogP contribution < -0.4 is 0 Å². The molecular weight excluding hydrogens is 348 g/mol. The molecule has 4 saturated carbocycles. The van der Waals surface area contributed by atoms with Gasteiger partial charge in [-0.25, -0.2) is 0 Å².